The topological polar surface area (TPSA) is 20.2 Å². The van der Waals surface area contributed by atoms with Crippen molar-refractivity contribution in [2.75, 3.05) is 0 Å². The van der Waals surface area contributed by atoms with Gasteiger partial charge in [0.15, 0.2) is 0 Å². The monoisotopic (exact) mass is 252 g/mol. The Morgan fingerprint density at radius 1 is 1.21 bits per heavy atom. The smallest absolute Gasteiger partial charge is 0.115 e. The second-order valence-electron chi connectivity index (χ2n) is 7.14. The SMILES string of the molecule is Oc1ccc2c(c1)CCC1C2CCC23CC2=CCC13. The predicted molar refractivity (Wildman–Crippen MR) is 75.1 cm³/mol. The van der Waals surface area contributed by atoms with Gasteiger partial charge in [0.2, 0.25) is 0 Å². The largest absolute Gasteiger partial charge is 0.508 e. The van der Waals surface area contributed by atoms with Crippen LogP contribution in [-0.4, -0.2) is 5.11 Å². The third kappa shape index (κ3) is 1.22. The molecule has 5 rings (SSSR count). The van der Waals surface area contributed by atoms with Gasteiger partial charge >= 0.3 is 0 Å². The molecule has 1 nitrogen and oxygen atoms in total. The summed E-state index contributed by atoms with van der Waals surface area (Å²) in [5, 5.41) is 9.67. The number of benzene rings is 1. The van der Waals surface area contributed by atoms with Crippen molar-refractivity contribution in [2.45, 2.75) is 44.4 Å². The highest BCUT2D eigenvalue weighted by molar-refractivity contribution is 5.45. The Morgan fingerprint density at radius 2 is 2.16 bits per heavy atom. The van der Waals surface area contributed by atoms with Crippen LogP contribution >= 0.6 is 0 Å². The Bertz CT molecular complexity index is 600. The van der Waals surface area contributed by atoms with Gasteiger partial charge in [0.1, 0.15) is 5.75 Å². The average Bonchev–Trinajstić information content (AvgIpc) is 3.00. The van der Waals surface area contributed by atoms with Crippen molar-refractivity contribution in [3.8, 4) is 5.75 Å². The summed E-state index contributed by atoms with van der Waals surface area (Å²) in [5.74, 6) is 3.06. The lowest BCUT2D eigenvalue weighted by Crippen LogP contribution is -2.36. The summed E-state index contributed by atoms with van der Waals surface area (Å²) in [7, 11) is 0. The van der Waals surface area contributed by atoms with E-state index in [-0.39, 0.29) is 0 Å². The van der Waals surface area contributed by atoms with Gasteiger partial charge in [0, 0.05) is 0 Å². The molecule has 1 heteroatoms. The molecule has 0 heterocycles. The first kappa shape index (κ1) is 10.5. The summed E-state index contributed by atoms with van der Waals surface area (Å²) in [6, 6.07) is 6.10. The number of allylic oxidation sites excluding steroid dienone is 2. The van der Waals surface area contributed by atoms with Crippen molar-refractivity contribution >= 4 is 0 Å². The van der Waals surface area contributed by atoms with Gasteiger partial charge in [-0.05, 0) is 85.0 Å². The van der Waals surface area contributed by atoms with E-state index < -0.39 is 0 Å². The highest BCUT2D eigenvalue weighted by atomic mass is 16.3. The summed E-state index contributed by atoms with van der Waals surface area (Å²) in [6.45, 7) is 0. The average molecular weight is 252 g/mol. The second-order valence-corrected chi connectivity index (χ2v) is 7.14. The lowest BCUT2D eigenvalue weighted by atomic mass is 9.59. The minimum absolute atomic E-state index is 0.441. The molecule has 4 atom stereocenters. The molecule has 0 aliphatic heterocycles. The van der Waals surface area contributed by atoms with Gasteiger partial charge < -0.3 is 5.11 Å². The number of fused-ring (bicyclic) bond motifs is 4. The quantitative estimate of drug-likeness (QED) is 0.687. The highest BCUT2D eigenvalue weighted by Crippen LogP contribution is 2.72. The minimum atomic E-state index is 0.441. The van der Waals surface area contributed by atoms with E-state index in [9.17, 15) is 5.11 Å². The van der Waals surface area contributed by atoms with Gasteiger partial charge in [-0.1, -0.05) is 17.7 Å². The lowest BCUT2D eigenvalue weighted by Gasteiger charge is -2.45. The second kappa shape index (κ2) is 3.26. The highest BCUT2D eigenvalue weighted by Gasteiger charge is 2.62. The van der Waals surface area contributed by atoms with Gasteiger partial charge in [0.25, 0.3) is 0 Å². The van der Waals surface area contributed by atoms with Gasteiger partial charge in [-0.15, -0.1) is 0 Å². The Morgan fingerprint density at radius 3 is 3.05 bits per heavy atom. The molecule has 0 radical (unpaired) electrons. The summed E-state index contributed by atoms with van der Waals surface area (Å²) in [5.41, 5.74) is 5.44. The van der Waals surface area contributed by atoms with Crippen LogP contribution in [0.25, 0.3) is 0 Å². The number of hydrogen-bond acceptors (Lipinski definition) is 1. The van der Waals surface area contributed by atoms with Crippen molar-refractivity contribution in [2.24, 2.45) is 17.3 Å². The van der Waals surface area contributed by atoms with E-state index in [1.54, 1.807) is 11.1 Å². The molecule has 2 fully saturated rings. The van der Waals surface area contributed by atoms with Crippen molar-refractivity contribution in [3.05, 3.63) is 41.0 Å². The molecule has 0 saturated heterocycles. The van der Waals surface area contributed by atoms with E-state index in [4.69, 9.17) is 0 Å². The Balaban J connectivity index is 1.56. The zero-order chi connectivity index (χ0) is 12.6. The van der Waals surface area contributed by atoms with Crippen LogP contribution in [0.15, 0.2) is 29.8 Å². The molecular formula is C18H20O. The molecule has 4 aliphatic rings. The molecule has 4 aliphatic carbocycles. The standard InChI is InChI=1S/C18H20O/c19-13-3-5-14-11(9-13)1-4-16-15(14)7-8-18-10-12(18)2-6-17(16)18/h2-3,5,9,15-17,19H,1,4,6-8,10H2. The van der Waals surface area contributed by atoms with Gasteiger partial charge in [-0.3, -0.25) is 0 Å². The molecule has 0 amide bonds. The van der Waals surface area contributed by atoms with Crippen LogP contribution < -0.4 is 0 Å². The summed E-state index contributed by atoms with van der Waals surface area (Å²) in [6.07, 6.45) is 10.6. The van der Waals surface area contributed by atoms with Crippen LogP contribution in [0.5, 0.6) is 5.75 Å². The van der Waals surface area contributed by atoms with Gasteiger partial charge in [0.05, 0.1) is 0 Å². The molecule has 2 saturated carbocycles. The first-order chi connectivity index (χ1) is 9.28. The molecule has 4 unspecified atom stereocenters. The molecule has 19 heavy (non-hydrogen) atoms. The number of phenols is 1. The van der Waals surface area contributed by atoms with Crippen LogP contribution in [0.1, 0.15) is 49.1 Å². The fraction of sp³-hybridized carbons (Fsp3) is 0.556. The Kier molecular flexibility index (Phi) is 1.81. The van der Waals surface area contributed by atoms with Crippen LogP contribution in [0, 0.1) is 17.3 Å². The fourth-order valence-electron chi connectivity index (χ4n) is 5.64. The maximum absolute atomic E-state index is 9.67. The van der Waals surface area contributed by atoms with E-state index in [1.165, 1.54) is 44.1 Å². The summed E-state index contributed by atoms with van der Waals surface area (Å²) in [4.78, 5) is 0. The number of phenolic OH excluding ortho intramolecular Hbond substituents is 1. The minimum Gasteiger partial charge on any atom is -0.508 e. The lowest BCUT2D eigenvalue weighted by molar-refractivity contribution is 0.113. The zero-order valence-corrected chi connectivity index (χ0v) is 11.2. The first-order valence-corrected chi connectivity index (χ1v) is 7.79. The van der Waals surface area contributed by atoms with Gasteiger partial charge in [-0.25, -0.2) is 0 Å². The molecule has 1 N–H and O–H groups in total. The molecule has 1 aromatic carbocycles. The summed E-state index contributed by atoms with van der Waals surface area (Å²) < 4.78 is 0. The van der Waals surface area contributed by atoms with Crippen LogP contribution in [0.2, 0.25) is 0 Å². The number of rotatable bonds is 0. The van der Waals surface area contributed by atoms with E-state index in [2.05, 4.69) is 12.1 Å². The Hall–Kier alpha value is -1.24. The number of hydrogen-bond donors (Lipinski definition) is 1. The molecular weight excluding hydrogens is 232 g/mol. The Labute approximate surface area is 114 Å². The van der Waals surface area contributed by atoms with Crippen molar-refractivity contribution in [3.63, 3.8) is 0 Å². The number of aromatic hydroxyl groups is 1. The summed E-state index contributed by atoms with van der Waals surface area (Å²) >= 11 is 0. The maximum atomic E-state index is 9.67. The van der Waals surface area contributed by atoms with E-state index in [0.717, 1.165) is 17.8 Å². The molecule has 98 valence electrons. The predicted octanol–water partition coefficient (Wildman–Crippen LogP) is 4.17. The number of aryl methyl sites for hydroxylation is 1. The van der Waals surface area contributed by atoms with Crippen molar-refractivity contribution in [1.82, 2.24) is 0 Å². The zero-order valence-electron chi connectivity index (χ0n) is 11.2. The normalized spacial score (nSPS) is 41.7. The van der Waals surface area contributed by atoms with Crippen molar-refractivity contribution in [1.29, 1.82) is 0 Å². The molecule has 1 aromatic rings. The van der Waals surface area contributed by atoms with E-state index in [0.29, 0.717) is 11.2 Å². The van der Waals surface area contributed by atoms with Crippen LogP contribution in [0.3, 0.4) is 0 Å². The van der Waals surface area contributed by atoms with Crippen molar-refractivity contribution < 1.29 is 5.11 Å². The third-order valence-electron chi connectivity index (χ3n) is 6.56. The molecule has 0 aromatic heterocycles. The third-order valence-corrected chi connectivity index (χ3v) is 6.56. The van der Waals surface area contributed by atoms with E-state index in [1.807, 2.05) is 12.1 Å². The fourth-order valence-corrected chi connectivity index (χ4v) is 5.64. The van der Waals surface area contributed by atoms with Crippen LogP contribution in [-0.2, 0) is 6.42 Å². The van der Waals surface area contributed by atoms with Gasteiger partial charge in [-0.2, -0.15) is 0 Å². The maximum Gasteiger partial charge on any atom is 0.115 e. The molecule has 0 bridgehead atoms. The molecule has 1 spiro atoms. The van der Waals surface area contributed by atoms with E-state index >= 15 is 0 Å². The first-order valence-electron chi connectivity index (χ1n) is 7.79. The van der Waals surface area contributed by atoms with Crippen LogP contribution in [0.4, 0.5) is 0 Å².